The molecule has 0 bridgehead atoms. The number of carbonyl (C=O) groups excluding carboxylic acids is 1. The summed E-state index contributed by atoms with van der Waals surface area (Å²) < 4.78 is 7.27. The highest BCUT2D eigenvalue weighted by Gasteiger charge is 2.34. The maximum atomic E-state index is 12.6. The second-order valence-corrected chi connectivity index (χ2v) is 6.41. The highest BCUT2D eigenvalue weighted by Crippen LogP contribution is 2.30. The molecule has 0 unspecified atom stereocenters. The number of likely N-dealkylation sites (tertiary alicyclic amines) is 1. The van der Waals surface area contributed by atoms with E-state index in [9.17, 15) is 4.79 Å². The Bertz CT molecular complexity index is 913. The van der Waals surface area contributed by atoms with Gasteiger partial charge in [0.15, 0.2) is 0 Å². The quantitative estimate of drug-likeness (QED) is 0.727. The predicted molar refractivity (Wildman–Crippen MR) is 98.1 cm³/mol. The van der Waals surface area contributed by atoms with Crippen molar-refractivity contribution in [1.29, 1.82) is 0 Å². The van der Waals surface area contributed by atoms with Crippen LogP contribution in [0.25, 0.3) is 11.4 Å². The van der Waals surface area contributed by atoms with Crippen molar-refractivity contribution in [3.05, 3.63) is 66.1 Å². The maximum Gasteiger partial charge on any atom is 0.255 e. The summed E-state index contributed by atoms with van der Waals surface area (Å²) >= 11 is 0. The summed E-state index contributed by atoms with van der Waals surface area (Å²) in [6.45, 7) is 3.39. The molecule has 132 valence electrons. The summed E-state index contributed by atoms with van der Waals surface area (Å²) in [6.07, 6.45) is 3.45. The second-order valence-electron chi connectivity index (χ2n) is 6.41. The molecule has 1 aliphatic rings. The molecule has 0 radical (unpaired) electrons. The van der Waals surface area contributed by atoms with Crippen molar-refractivity contribution < 1.29 is 9.53 Å². The molecule has 0 saturated carbocycles. The molecule has 0 N–H and O–H groups in total. The average molecular weight is 348 g/mol. The first-order valence-corrected chi connectivity index (χ1v) is 8.56. The third kappa shape index (κ3) is 2.83. The largest absolute Gasteiger partial charge is 0.481 e. The Morgan fingerprint density at radius 2 is 1.85 bits per heavy atom. The number of aryl methyl sites for hydroxylation is 1. The molecule has 4 rings (SSSR count). The molecule has 3 heterocycles. The van der Waals surface area contributed by atoms with Crippen molar-refractivity contribution in [3.8, 4) is 17.3 Å². The van der Waals surface area contributed by atoms with Crippen molar-refractivity contribution >= 4 is 5.91 Å². The van der Waals surface area contributed by atoms with E-state index in [1.54, 1.807) is 25.4 Å². The van der Waals surface area contributed by atoms with Crippen LogP contribution < -0.4 is 4.74 Å². The molecule has 6 heteroatoms. The smallest absolute Gasteiger partial charge is 0.255 e. The summed E-state index contributed by atoms with van der Waals surface area (Å²) in [6, 6.07) is 13.8. The first-order valence-electron chi connectivity index (χ1n) is 8.56. The van der Waals surface area contributed by atoms with Gasteiger partial charge >= 0.3 is 0 Å². The molecular weight excluding hydrogens is 328 g/mol. The number of pyridine rings is 1. The summed E-state index contributed by atoms with van der Waals surface area (Å²) in [5, 5.41) is 0. The van der Waals surface area contributed by atoms with E-state index >= 15 is 0 Å². The van der Waals surface area contributed by atoms with E-state index in [1.165, 1.54) is 0 Å². The number of hydrogen-bond donors (Lipinski definition) is 0. The molecule has 1 fully saturated rings. The van der Waals surface area contributed by atoms with E-state index in [2.05, 4.69) is 33.6 Å². The van der Waals surface area contributed by atoms with E-state index < -0.39 is 0 Å². The minimum absolute atomic E-state index is 0.00423. The fourth-order valence-corrected chi connectivity index (χ4v) is 3.30. The lowest BCUT2D eigenvalue weighted by atomic mass is 10.1. The third-order valence-electron chi connectivity index (χ3n) is 4.72. The third-order valence-corrected chi connectivity index (χ3v) is 4.72. The second kappa shape index (κ2) is 6.63. The number of rotatable bonds is 4. The molecule has 26 heavy (non-hydrogen) atoms. The monoisotopic (exact) mass is 348 g/mol. The molecule has 3 aromatic rings. The summed E-state index contributed by atoms with van der Waals surface area (Å²) in [7, 11) is 1.56. The average Bonchev–Trinajstić information content (AvgIpc) is 3.03. The number of ether oxygens (including phenoxy) is 1. The first kappa shape index (κ1) is 16.3. The molecule has 2 aromatic heterocycles. The van der Waals surface area contributed by atoms with Crippen LogP contribution in [0.4, 0.5) is 0 Å². The molecule has 0 aliphatic carbocycles. The van der Waals surface area contributed by atoms with Crippen LogP contribution in [0.1, 0.15) is 22.1 Å². The van der Waals surface area contributed by atoms with Crippen LogP contribution in [0.5, 0.6) is 5.88 Å². The summed E-state index contributed by atoms with van der Waals surface area (Å²) in [5.41, 5.74) is 2.77. The SMILES string of the molecule is COc1ccc(C(=O)N2CC(n3c(C)cnc3-c3ccccc3)C2)cn1. The predicted octanol–water partition coefficient (Wildman–Crippen LogP) is 2.96. The van der Waals surface area contributed by atoms with Gasteiger partial charge in [-0.05, 0) is 13.0 Å². The fraction of sp³-hybridized carbons (Fsp3) is 0.250. The number of methoxy groups -OCH3 is 1. The fourth-order valence-electron chi connectivity index (χ4n) is 3.30. The Morgan fingerprint density at radius 3 is 2.50 bits per heavy atom. The Labute approximate surface area is 152 Å². The molecule has 0 atom stereocenters. The number of hydrogen-bond acceptors (Lipinski definition) is 4. The number of nitrogens with zero attached hydrogens (tertiary/aromatic N) is 4. The lowest BCUT2D eigenvalue weighted by molar-refractivity contribution is 0.0519. The minimum Gasteiger partial charge on any atom is -0.481 e. The maximum absolute atomic E-state index is 12.6. The highest BCUT2D eigenvalue weighted by atomic mass is 16.5. The summed E-state index contributed by atoms with van der Waals surface area (Å²) in [5.74, 6) is 1.45. The number of benzene rings is 1. The van der Waals surface area contributed by atoms with Gasteiger partial charge in [0.1, 0.15) is 5.82 Å². The van der Waals surface area contributed by atoms with Crippen LogP contribution in [-0.4, -0.2) is 45.5 Å². The zero-order valence-electron chi connectivity index (χ0n) is 14.8. The van der Waals surface area contributed by atoms with Gasteiger partial charge in [0.05, 0.1) is 18.7 Å². The number of imidazole rings is 1. The van der Waals surface area contributed by atoms with Gasteiger partial charge in [-0.2, -0.15) is 0 Å². The van der Waals surface area contributed by atoms with Gasteiger partial charge in [0, 0.05) is 42.8 Å². The summed E-state index contributed by atoms with van der Waals surface area (Å²) in [4.78, 5) is 23.1. The number of carbonyl (C=O) groups is 1. The van der Waals surface area contributed by atoms with Gasteiger partial charge in [-0.15, -0.1) is 0 Å². The van der Waals surface area contributed by atoms with Gasteiger partial charge in [-0.25, -0.2) is 9.97 Å². The normalized spacial score (nSPS) is 14.2. The Morgan fingerprint density at radius 1 is 1.08 bits per heavy atom. The molecule has 1 aliphatic heterocycles. The minimum atomic E-state index is -0.00423. The highest BCUT2D eigenvalue weighted by molar-refractivity contribution is 5.94. The molecular formula is C20H20N4O2. The van der Waals surface area contributed by atoms with Gasteiger partial charge < -0.3 is 14.2 Å². The van der Waals surface area contributed by atoms with Crippen LogP contribution in [0.15, 0.2) is 54.9 Å². The van der Waals surface area contributed by atoms with Crippen LogP contribution >= 0.6 is 0 Å². The Hall–Kier alpha value is -3.15. The van der Waals surface area contributed by atoms with Crippen molar-refractivity contribution in [2.45, 2.75) is 13.0 Å². The first-order chi connectivity index (χ1) is 12.7. The van der Waals surface area contributed by atoms with E-state index in [0.29, 0.717) is 24.5 Å². The van der Waals surface area contributed by atoms with Crippen LogP contribution in [0.2, 0.25) is 0 Å². The van der Waals surface area contributed by atoms with Gasteiger partial charge in [-0.3, -0.25) is 4.79 Å². The van der Waals surface area contributed by atoms with Crippen LogP contribution in [0.3, 0.4) is 0 Å². The molecule has 1 saturated heterocycles. The lowest BCUT2D eigenvalue weighted by Gasteiger charge is -2.41. The molecule has 1 amide bonds. The lowest BCUT2D eigenvalue weighted by Crippen LogP contribution is -2.51. The number of aromatic nitrogens is 3. The zero-order chi connectivity index (χ0) is 18.1. The van der Waals surface area contributed by atoms with Crippen molar-refractivity contribution in [2.75, 3.05) is 20.2 Å². The van der Waals surface area contributed by atoms with E-state index in [-0.39, 0.29) is 11.9 Å². The standard InChI is InChI=1S/C20H20N4O2/c1-14-10-22-19(15-6-4-3-5-7-15)24(14)17-12-23(13-17)20(25)16-8-9-18(26-2)21-11-16/h3-11,17H,12-13H2,1-2H3. The molecule has 1 aromatic carbocycles. The van der Waals surface area contributed by atoms with Gasteiger partial charge in [0.25, 0.3) is 5.91 Å². The van der Waals surface area contributed by atoms with Crippen molar-refractivity contribution in [3.63, 3.8) is 0 Å². The topological polar surface area (TPSA) is 60.2 Å². The molecule has 6 nitrogen and oxygen atoms in total. The van der Waals surface area contributed by atoms with E-state index in [0.717, 1.165) is 17.1 Å². The molecule has 0 spiro atoms. The van der Waals surface area contributed by atoms with Crippen LogP contribution in [0, 0.1) is 6.92 Å². The van der Waals surface area contributed by atoms with E-state index in [4.69, 9.17) is 4.74 Å². The van der Waals surface area contributed by atoms with Gasteiger partial charge in [0.2, 0.25) is 5.88 Å². The van der Waals surface area contributed by atoms with Crippen molar-refractivity contribution in [2.24, 2.45) is 0 Å². The van der Waals surface area contributed by atoms with E-state index in [1.807, 2.05) is 29.3 Å². The van der Waals surface area contributed by atoms with Gasteiger partial charge in [-0.1, -0.05) is 30.3 Å². The zero-order valence-corrected chi connectivity index (χ0v) is 14.8. The van der Waals surface area contributed by atoms with Crippen LogP contribution in [-0.2, 0) is 0 Å². The number of amides is 1. The Kier molecular flexibility index (Phi) is 4.16. The Balaban J connectivity index is 1.50. The van der Waals surface area contributed by atoms with Crippen molar-refractivity contribution in [1.82, 2.24) is 19.4 Å².